The number of amides is 6. The van der Waals surface area contributed by atoms with Crippen molar-refractivity contribution in [2.75, 3.05) is 19.6 Å². The fourth-order valence-corrected chi connectivity index (χ4v) is 8.03. The van der Waals surface area contributed by atoms with E-state index in [-0.39, 0.29) is 50.6 Å². The number of phenols is 1. The standard InChI is InChI=1S/C43H58N8O9/c1-24(2)19-31(38(54)48-33(41(57)51-18-8-12-35(51)43(59)60)21-27-23-45-30-10-6-5-9-29(27)30)47-40(56)34-11-7-17-50(34)42(58)37(25(3)4)49-39(55)32(46-36(53)22-44)20-26-13-15-28(52)16-14-26/h5-6,9-10,13-16,23-25,31-35,37,45,52H,7-8,11-12,17-22,44H2,1-4H3,(H,46,53)(H,47,56)(H,48,54)(H,49,55)(H,59,60)/t31-,32-,33-,34-,35-,37-/m0/s1. The number of fused-ring (bicyclic) bond motifs is 1. The molecule has 0 bridgehead atoms. The number of nitrogens with zero attached hydrogens (tertiary/aromatic N) is 2. The van der Waals surface area contributed by atoms with Gasteiger partial charge in [0.25, 0.3) is 0 Å². The molecular weight excluding hydrogens is 773 g/mol. The van der Waals surface area contributed by atoms with Crippen LogP contribution in [0.2, 0.25) is 0 Å². The summed E-state index contributed by atoms with van der Waals surface area (Å²) >= 11 is 0. The van der Waals surface area contributed by atoms with E-state index in [9.17, 15) is 43.8 Å². The summed E-state index contributed by atoms with van der Waals surface area (Å²) in [6, 6.07) is 7.23. The lowest BCUT2D eigenvalue weighted by molar-refractivity contribution is -0.149. The van der Waals surface area contributed by atoms with E-state index in [1.165, 1.54) is 21.9 Å². The van der Waals surface area contributed by atoms with E-state index in [1.54, 1.807) is 32.2 Å². The number of likely N-dealkylation sites (tertiary alicyclic amines) is 2. The van der Waals surface area contributed by atoms with E-state index < -0.39 is 83.6 Å². The van der Waals surface area contributed by atoms with Crippen LogP contribution in [-0.4, -0.2) is 122 Å². The normalized spacial score (nSPS) is 18.5. The highest BCUT2D eigenvalue weighted by Gasteiger charge is 2.42. The number of hydrogen-bond donors (Lipinski definition) is 8. The number of aromatic amines is 1. The zero-order chi connectivity index (χ0) is 43.7. The zero-order valence-electron chi connectivity index (χ0n) is 34.6. The molecular formula is C43H58N8O9. The topological polar surface area (TPSA) is 256 Å². The molecule has 60 heavy (non-hydrogen) atoms. The molecule has 324 valence electrons. The molecule has 2 fully saturated rings. The Kier molecular flexibility index (Phi) is 15.3. The molecule has 1 aromatic heterocycles. The van der Waals surface area contributed by atoms with Gasteiger partial charge in [-0.3, -0.25) is 28.8 Å². The highest BCUT2D eigenvalue weighted by atomic mass is 16.4. The Labute approximate surface area is 349 Å². The number of benzene rings is 2. The average molecular weight is 831 g/mol. The molecule has 0 saturated carbocycles. The minimum absolute atomic E-state index is 0.0329. The molecule has 3 aromatic rings. The van der Waals surface area contributed by atoms with E-state index in [4.69, 9.17) is 5.73 Å². The van der Waals surface area contributed by atoms with Crippen molar-refractivity contribution < 1.29 is 43.8 Å². The van der Waals surface area contributed by atoms with Crippen LogP contribution in [0.5, 0.6) is 5.75 Å². The summed E-state index contributed by atoms with van der Waals surface area (Å²) in [6.45, 7) is 7.35. The van der Waals surface area contributed by atoms with E-state index in [0.717, 1.165) is 16.5 Å². The summed E-state index contributed by atoms with van der Waals surface area (Å²) in [5.41, 5.74) is 7.75. The Morgan fingerprint density at radius 3 is 2.03 bits per heavy atom. The van der Waals surface area contributed by atoms with Gasteiger partial charge in [-0.15, -0.1) is 0 Å². The second-order valence-electron chi connectivity index (χ2n) is 16.5. The maximum atomic E-state index is 14.2. The van der Waals surface area contributed by atoms with Gasteiger partial charge in [-0.05, 0) is 73.3 Å². The number of carbonyl (C=O) groups excluding carboxylic acids is 6. The quantitative estimate of drug-likeness (QED) is 0.0913. The highest BCUT2D eigenvalue weighted by molar-refractivity contribution is 5.97. The number of carbonyl (C=O) groups is 7. The number of hydrogen-bond acceptors (Lipinski definition) is 9. The lowest BCUT2D eigenvalue weighted by atomic mass is 9.99. The first kappa shape index (κ1) is 45.1. The van der Waals surface area contributed by atoms with Crippen molar-refractivity contribution in [1.29, 1.82) is 0 Å². The van der Waals surface area contributed by atoms with Crippen LogP contribution in [0, 0.1) is 11.8 Å². The van der Waals surface area contributed by atoms with Crippen LogP contribution in [0.4, 0.5) is 0 Å². The molecule has 17 heteroatoms. The van der Waals surface area contributed by atoms with Crippen LogP contribution >= 0.6 is 0 Å². The van der Waals surface area contributed by atoms with Crippen molar-refractivity contribution in [3.8, 4) is 5.75 Å². The largest absolute Gasteiger partial charge is 0.508 e. The molecule has 2 aliphatic rings. The maximum Gasteiger partial charge on any atom is 0.326 e. The summed E-state index contributed by atoms with van der Waals surface area (Å²) < 4.78 is 0. The lowest BCUT2D eigenvalue weighted by Gasteiger charge is -2.32. The van der Waals surface area contributed by atoms with Gasteiger partial charge in [-0.25, -0.2) is 4.79 Å². The van der Waals surface area contributed by atoms with Gasteiger partial charge >= 0.3 is 5.97 Å². The Balaban J connectivity index is 1.32. The number of phenolic OH excluding ortho intramolecular Hbond substituents is 1. The third-order valence-electron chi connectivity index (χ3n) is 11.2. The minimum Gasteiger partial charge on any atom is -0.508 e. The van der Waals surface area contributed by atoms with E-state index >= 15 is 0 Å². The number of carboxylic acid groups (broad SMARTS) is 1. The Morgan fingerprint density at radius 1 is 0.767 bits per heavy atom. The minimum atomic E-state index is -1.14. The number of nitrogens with one attached hydrogen (secondary N) is 5. The first-order valence-electron chi connectivity index (χ1n) is 20.6. The monoisotopic (exact) mass is 830 g/mol. The van der Waals surface area contributed by atoms with E-state index in [2.05, 4.69) is 26.3 Å². The predicted molar refractivity (Wildman–Crippen MR) is 222 cm³/mol. The summed E-state index contributed by atoms with van der Waals surface area (Å²) in [6.07, 6.45) is 3.67. The molecule has 17 nitrogen and oxygen atoms in total. The molecule has 2 saturated heterocycles. The van der Waals surface area contributed by atoms with Crippen molar-refractivity contribution >= 4 is 52.3 Å². The van der Waals surface area contributed by atoms with Crippen LogP contribution in [0.1, 0.15) is 70.9 Å². The second kappa shape index (κ2) is 20.3. The van der Waals surface area contributed by atoms with Crippen LogP contribution < -0.4 is 27.0 Å². The summed E-state index contributed by atoms with van der Waals surface area (Å²) in [5.74, 6) is -5.02. The Bertz CT molecular complexity index is 2030. The van der Waals surface area contributed by atoms with Crippen LogP contribution in [0.15, 0.2) is 54.7 Å². The summed E-state index contributed by atoms with van der Waals surface area (Å²) in [4.78, 5) is 101. The molecule has 2 aliphatic heterocycles. The third-order valence-corrected chi connectivity index (χ3v) is 11.2. The van der Waals surface area contributed by atoms with E-state index in [1.807, 2.05) is 38.1 Å². The molecule has 0 spiro atoms. The first-order valence-corrected chi connectivity index (χ1v) is 20.6. The molecule has 2 aromatic carbocycles. The lowest BCUT2D eigenvalue weighted by Crippen LogP contribution is -2.60. The molecule has 6 amide bonds. The van der Waals surface area contributed by atoms with Gasteiger partial charge in [0, 0.05) is 43.0 Å². The van der Waals surface area contributed by atoms with Crippen molar-refractivity contribution in [1.82, 2.24) is 36.1 Å². The fraction of sp³-hybridized carbons (Fsp3) is 0.512. The Morgan fingerprint density at radius 2 is 1.40 bits per heavy atom. The maximum absolute atomic E-state index is 14.2. The number of H-pyrrole nitrogens is 1. The molecule has 0 radical (unpaired) electrons. The highest BCUT2D eigenvalue weighted by Crippen LogP contribution is 2.25. The van der Waals surface area contributed by atoms with Crippen LogP contribution in [-0.2, 0) is 46.4 Å². The van der Waals surface area contributed by atoms with Gasteiger partial charge < -0.3 is 52.0 Å². The molecule has 0 aliphatic carbocycles. The van der Waals surface area contributed by atoms with Gasteiger partial charge in [0.2, 0.25) is 35.4 Å². The molecule has 5 rings (SSSR count). The first-order chi connectivity index (χ1) is 28.6. The van der Waals surface area contributed by atoms with Gasteiger partial charge in [-0.1, -0.05) is 58.0 Å². The number of aromatic nitrogens is 1. The number of nitrogens with two attached hydrogens (primary N) is 1. The predicted octanol–water partition coefficient (Wildman–Crippen LogP) is 1.33. The van der Waals surface area contributed by atoms with E-state index in [0.29, 0.717) is 31.2 Å². The molecule has 0 unspecified atom stereocenters. The number of para-hydroxylation sites is 1. The molecule has 6 atom stereocenters. The average Bonchev–Trinajstić information content (AvgIpc) is 4.00. The van der Waals surface area contributed by atoms with Crippen molar-refractivity contribution in [2.24, 2.45) is 17.6 Å². The number of aromatic hydroxyl groups is 1. The smallest absolute Gasteiger partial charge is 0.326 e. The zero-order valence-corrected chi connectivity index (χ0v) is 34.6. The SMILES string of the molecule is CC(C)C[C@H](NC(=O)[C@@H]1CCCN1C(=O)[C@@H](NC(=O)[C@H](Cc1ccc(O)cc1)NC(=O)CN)C(C)C)C(=O)N[C@@H](Cc1c[nH]c2ccccc12)C(=O)N1CCC[C@H]1C(=O)O. The number of aliphatic carboxylic acids is 1. The van der Waals surface area contributed by atoms with Crippen molar-refractivity contribution in [2.45, 2.75) is 109 Å². The Hall–Kier alpha value is -5.97. The van der Waals surface area contributed by atoms with Gasteiger partial charge in [0.15, 0.2) is 0 Å². The van der Waals surface area contributed by atoms with Crippen LogP contribution in [0.25, 0.3) is 10.9 Å². The number of carboxylic acids is 1. The molecule has 9 N–H and O–H groups in total. The van der Waals surface area contributed by atoms with Gasteiger partial charge in [0.05, 0.1) is 6.54 Å². The molecule has 3 heterocycles. The van der Waals surface area contributed by atoms with Crippen molar-refractivity contribution in [3.05, 3.63) is 65.9 Å². The van der Waals surface area contributed by atoms with Gasteiger partial charge in [0.1, 0.15) is 42.0 Å². The number of rotatable bonds is 18. The van der Waals surface area contributed by atoms with Gasteiger partial charge in [-0.2, -0.15) is 0 Å². The van der Waals surface area contributed by atoms with Crippen molar-refractivity contribution in [3.63, 3.8) is 0 Å². The second-order valence-corrected chi connectivity index (χ2v) is 16.5. The summed E-state index contributed by atoms with van der Waals surface area (Å²) in [7, 11) is 0. The summed E-state index contributed by atoms with van der Waals surface area (Å²) in [5, 5.41) is 31.5. The third kappa shape index (κ3) is 11.2. The fourth-order valence-electron chi connectivity index (χ4n) is 8.03. The van der Waals surface area contributed by atoms with Crippen LogP contribution in [0.3, 0.4) is 0 Å².